The molecule has 0 spiro atoms. The van der Waals surface area contributed by atoms with Gasteiger partial charge < -0.3 is 11.1 Å². The maximum Gasteiger partial charge on any atom is 0.237 e. The van der Waals surface area contributed by atoms with Crippen LogP contribution in [0.5, 0.6) is 0 Å². The molecule has 1 aromatic carbocycles. The monoisotopic (exact) mass is 280 g/mol. The molecular formula is C14H20N2O2S. The quantitative estimate of drug-likeness (QED) is 0.831. The third kappa shape index (κ3) is 3.56. The number of benzene rings is 1. The van der Waals surface area contributed by atoms with Crippen LogP contribution in [0.3, 0.4) is 0 Å². The van der Waals surface area contributed by atoms with Crippen molar-refractivity contribution in [1.29, 1.82) is 0 Å². The summed E-state index contributed by atoms with van der Waals surface area (Å²) in [5.41, 5.74) is 7.99. The largest absolute Gasteiger partial charge is 0.398 e. The predicted molar refractivity (Wildman–Crippen MR) is 79.5 cm³/mol. The first-order valence-corrected chi connectivity index (χ1v) is 7.98. The first-order chi connectivity index (χ1) is 9.08. The molecule has 1 aromatic rings. The zero-order valence-electron chi connectivity index (χ0n) is 11.1. The lowest BCUT2D eigenvalue weighted by atomic mass is 10.1. The highest BCUT2D eigenvalue weighted by Crippen LogP contribution is 2.24. The van der Waals surface area contributed by atoms with Gasteiger partial charge in [0.15, 0.2) is 0 Å². The Morgan fingerprint density at radius 3 is 2.79 bits per heavy atom. The number of nitrogen functional groups attached to an aromatic ring is 1. The van der Waals surface area contributed by atoms with Gasteiger partial charge in [-0.1, -0.05) is 18.9 Å². The summed E-state index contributed by atoms with van der Waals surface area (Å²) in [6.07, 6.45) is 4.23. The molecule has 0 bridgehead atoms. The number of nitrogens with one attached hydrogen (secondary N) is 1. The molecule has 0 radical (unpaired) electrons. The molecule has 19 heavy (non-hydrogen) atoms. The molecule has 104 valence electrons. The average Bonchev–Trinajstić information content (AvgIpc) is 2.88. The highest BCUT2D eigenvalue weighted by Gasteiger charge is 2.23. The lowest BCUT2D eigenvalue weighted by Gasteiger charge is -2.12. The van der Waals surface area contributed by atoms with Gasteiger partial charge in [-0.3, -0.25) is 9.00 Å². The minimum atomic E-state index is -1.05. The minimum absolute atomic E-state index is 0.0822. The van der Waals surface area contributed by atoms with Gasteiger partial charge in [0.25, 0.3) is 0 Å². The SMILES string of the molecule is Cc1c(N)cccc1NC(=O)CS(=O)C1CCCC1. The number of hydrogen-bond donors (Lipinski definition) is 2. The van der Waals surface area contributed by atoms with E-state index in [0.29, 0.717) is 11.4 Å². The second kappa shape index (κ2) is 6.19. The van der Waals surface area contributed by atoms with Crippen molar-refractivity contribution >= 4 is 28.1 Å². The summed E-state index contributed by atoms with van der Waals surface area (Å²) < 4.78 is 12.0. The van der Waals surface area contributed by atoms with Crippen molar-refractivity contribution in [2.75, 3.05) is 16.8 Å². The summed E-state index contributed by atoms with van der Waals surface area (Å²) in [5.74, 6) is -0.113. The summed E-state index contributed by atoms with van der Waals surface area (Å²) in [6, 6.07) is 5.40. The van der Waals surface area contributed by atoms with Crippen molar-refractivity contribution in [3.8, 4) is 0 Å². The van der Waals surface area contributed by atoms with Gasteiger partial charge >= 0.3 is 0 Å². The van der Waals surface area contributed by atoms with Crippen LogP contribution in [-0.2, 0) is 15.6 Å². The van der Waals surface area contributed by atoms with Crippen LogP contribution < -0.4 is 11.1 Å². The van der Waals surface area contributed by atoms with E-state index in [1.54, 1.807) is 12.1 Å². The molecule has 5 heteroatoms. The summed E-state index contributed by atoms with van der Waals surface area (Å²) in [4.78, 5) is 11.9. The first kappa shape index (κ1) is 14.1. The second-order valence-electron chi connectivity index (χ2n) is 5.00. The van der Waals surface area contributed by atoms with E-state index in [4.69, 9.17) is 5.73 Å². The normalized spacial score (nSPS) is 17.3. The van der Waals surface area contributed by atoms with Gasteiger partial charge in [-0.25, -0.2) is 0 Å². The molecule has 4 nitrogen and oxygen atoms in total. The van der Waals surface area contributed by atoms with Crippen LogP contribution in [0.15, 0.2) is 18.2 Å². The van der Waals surface area contributed by atoms with Crippen molar-refractivity contribution < 1.29 is 9.00 Å². The van der Waals surface area contributed by atoms with Gasteiger partial charge in [-0.2, -0.15) is 0 Å². The zero-order valence-corrected chi connectivity index (χ0v) is 12.0. The maximum atomic E-state index is 12.0. The number of rotatable bonds is 4. The second-order valence-corrected chi connectivity index (χ2v) is 6.72. The Balaban J connectivity index is 1.93. The molecule has 0 saturated heterocycles. The lowest BCUT2D eigenvalue weighted by Crippen LogP contribution is -2.25. The van der Waals surface area contributed by atoms with Crippen LogP contribution in [0.1, 0.15) is 31.2 Å². The number of hydrogen-bond acceptors (Lipinski definition) is 3. The maximum absolute atomic E-state index is 12.0. The van der Waals surface area contributed by atoms with Gasteiger partial charge in [0, 0.05) is 27.4 Å². The molecule has 1 aliphatic carbocycles. The van der Waals surface area contributed by atoms with Crippen molar-refractivity contribution in [3.63, 3.8) is 0 Å². The van der Waals surface area contributed by atoms with Crippen LogP contribution in [0.2, 0.25) is 0 Å². The number of carbonyl (C=O) groups is 1. The molecule has 1 aliphatic rings. The Labute approximate surface area is 116 Å². The van der Waals surface area contributed by atoms with Crippen molar-refractivity contribution in [2.45, 2.75) is 37.9 Å². The van der Waals surface area contributed by atoms with E-state index >= 15 is 0 Å². The standard InChI is InChI=1S/C14H20N2O2S/c1-10-12(15)7-4-8-13(10)16-14(17)9-19(18)11-5-2-3-6-11/h4,7-8,11H,2-3,5-6,9,15H2,1H3,(H,16,17). The molecule has 3 N–H and O–H groups in total. The number of carbonyl (C=O) groups excluding carboxylic acids is 1. The van der Waals surface area contributed by atoms with Crippen molar-refractivity contribution in [3.05, 3.63) is 23.8 Å². The Kier molecular flexibility index (Phi) is 4.58. The predicted octanol–water partition coefficient (Wildman–Crippen LogP) is 2.21. The van der Waals surface area contributed by atoms with E-state index < -0.39 is 10.8 Å². The zero-order chi connectivity index (χ0) is 13.8. The van der Waals surface area contributed by atoms with Gasteiger partial charge in [-0.15, -0.1) is 0 Å². The third-order valence-electron chi connectivity index (χ3n) is 3.60. The van der Waals surface area contributed by atoms with Crippen molar-refractivity contribution in [1.82, 2.24) is 0 Å². The smallest absolute Gasteiger partial charge is 0.237 e. The third-order valence-corrected chi connectivity index (χ3v) is 5.36. The van der Waals surface area contributed by atoms with Gasteiger partial charge in [0.1, 0.15) is 5.75 Å². The topological polar surface area (TPSA) is 72.2 Å². The molecule has 1 fully saturated rings. The Hall–Kier alpha value is -1.36. The van der Waals surface area contributed by atoms with E-state index in [-0.39, 0.29) is 16.9 Å². The highest BCUT2D eigenvalue weighted by molar-refractivity contribution is 7.86. The number of nitrogens with two attached hydrogens (primary N) is 1. The summed E-state index contributed by atoms with van der Waals surface area (Å²) in [5, 5.41) is 2.99. The van der Waals surface area contributed by atoms with Crippen LogP contribution in [-0.4, -0.2) is 21.1 Å². The number of anilines is 2. The molecular weight excluding hydrogens is 260 g/mol. The first-order valence-electron chi connectivity index (χ1n) is 6.60. The van der Waals surface area contributed by atoms with E-state index in [1.807, 2.05) is 13.0 Å². The minimum Gasteiger partial charge on any atom is -0.398 e. The summed E-state index contributed by atoms with van der Waals surface area (Å²) in [7, 11) is -1.05. The van der Waals surface area contributed by atoms with Crippen LogP contribution >= 0.6 is 0 Å². The fourth-order valence-corrected chi connectivity index (χ4v) is 3.80. The molecule has 1 unspecified atom stereocenters. The van der Waals surface area contributed by atoms with E-state index in [2.05, 4.69) is 5.32 Å². The Morgan fingerprint density at radius 1 is 1.42 bits per heavy atom. The van der Waals surface area contributed by atoms with Crippen LogP contribution in [0.25, 0.3) is 0 Å². The number of amides is 1. The van der Waals surface area contributed by atoms with Gasteiger partial charge in [-0.05, 0) is 37.5 Å². The highest BCUT2D eigenvalue weighted by atomic mass is 32.2. The Bertz CT molecular complexity index is 496. The molecule has 0 aliphatic heterocycles. The fraction of sp³-hybridized carbons (Fsp3) is 0.500. The molecule has 1 atom stereocenters. The molecule has 1 saturated carbocycles. The molecule has 0 heterocycles. The van der Waals surface area contributed by atoms with Gasteiger partial charge in [0.05, 0.1) is 0 Å². The summed E-state index contributed by atoms with van der Waals surface area (Å²) in [6.45, 7) is 1.86. The average molecular weight is 280 g/mol. The van der Waals surface area contributed by atoms with E-state index in [1.165, 1.54) is 0 Å². The molecule has 2 rings (SSSR count). The van der Waals surface area contributed by atoms with Crippen molar-refractivity contribution in [2.24, 2.45) is 0 Å². The van der Waals surface area contributed by atoms with Crippen LogP contribution in [0, 0.1) is 6.92 Å². The summed E-state index contributed by atoms with van der Waals surface area (Å²) >= 11 is 0. The van der Waals surface area contributed by atoms with Gasteiger partial charge in [0.2, 0.25) is 5.91 Å². The lowest BCUT2D eigenvalue weighted by molar-refractivity contribution is -0.113. The Morgan fingerprint density at radius 2 is 2.11 bits per heavy atom. The molecule has 1 amide bonds. The van der Waals surface area contributed by atoms with Crippen LogP contribution in [0.4, 0.5) is 11.4 Å². The van der Waals surface area contributed by atoms with E-state index in [0.717, 1.165) is 31.2 Å². The fourth-order valence-electron chi connectivity index (χ4n) is 2.37. The van der Waals surface area contributed by atoms with E-state index in [9.17, 15) is 9.00 Å². The molecule has 0 aromatic heterocycles.